The number of hydrogen-bond donors (Lipinski definition) is 1. The highest BCUT2D eigenvalue weighted by Gasteiger charge is 2.50. The number of aliphatic hydroxyl groups is 1. The lowest BCUT2D eigenvalue weighted by molar-refractivity contribution is -0.368. The van der Waals surface area contributed by atoms with E-state index in [-0.39, 0.29) is 6.61 Å². The summed E-state index contributed by atoms with van der Waals surface area (Å²) in [6.07, 6.45) is -4.04. The molecule has 2 fully saturated rings. The standard InChI is InChI=1S/C27H28O6/c28-23-24-22(18-31-26(33-24)21-14-8-3-9-15-21)32-27(30-17-20-12-6-2-7-13-20)25(23)29-16-19-10-4-1-5-11-19/h1-15,22-28H,16-18H2/t22-,23+,24+,25-,26?,27-/m1/s1. The van der Waals surface area contributed by atoms with Crippen LogP contribution in [0.25, 0.3) is 0 Å². The Morgan fingerprint density at radius 2 is 1.30 bits per heavy atom. The largest absolute Gasteiger partial charge is 0.387 e. The molecule has 0 spiro atoms. The van der Waals surface area contributed by atoms with Crippen LogP contribution in [0, 0.1) is 0 Å². The van der Waals surface area contributed by atoms with Gasteiger partial charge in [0.2, 0.25) is 0 Å². The molecule has 0 aromatic heterocycles. The molecule has 0 bridgehead atoms. The molecule has 6 heteroatoms. The van der Waals surface area contributed by atoms with E-state index in [1.54, 1.807) is 0 Å². The molecule has 0 radical (unpaired) electrons. The van der Waals surface area contributed by atoms with Gasteiger partial charge in [0.25, 0.3) is 0 Å². The summed E-state index contributed by atoms with van der Waals surface area (Å²) in [6, 6.07) is 29.4. The van der Waals surface area contributed by atoms with Crippen molar-refractivity contribution in [3.05, 3.63) is 108 Å². The maximum Gasteiger partial charge on any atom is 0.187 e. The van der Waals surface area contributed by atoms with Crippen molar-refractivity contribution in [2.45, 2.75) is 50.2 Å². The van der Waals surface area contributed by atoms with Crippen molar-refractivity contribution in [1.29, 1.82) is 0 Å². The first-order valence-electron chi connectivity index (χ1n) is 11.2. The van der Waals surface area contributed by atoms with E-state index >= 15 is 0 Å². The van der Waals surface area contributed by atoms with Gasteiger partial charge in [-0.15, -0.1) is 0 Å². The molecule has 2 heterocycles. The molecule has 1 unspecified atom stereocenters. The van der Waals surface area contributed by atoms with Gasteiger partial charge in [0.1, 0.15) is 24.4 Å². The zero-order chi connectivity index (χ0) is 22.5. The van der Waals surface area contributed by atoms with Crippen LogP contribution in [0.5, 0.6) is 0 Å². The van der Waals surface area contributed by atoms with Crippen LogP contribution in [0.15, 0.2) is 91.0 Å². The van der Waals surface area contributed by atoms with Gasteiger partial charge in [-0.2, -0.15) is 0 Å². The van der Waals surface area contributed by atoms with Gasteiger partial charge in [0.15, 0.2) is 12.6 Å². The Bertz CT molecular complexity index is 983. The fraction of sp³-hybridized carbons (Fsp3) is 0.333. The molecule has 6 atom stereocenters. The second-order valence-electron chi connectivity index (χ2n) is 8.27. The Labute approximate surface area is 193 Å². The minimum absolute atomic E-state index is 0.290. The summed E-state index contributed by atoms with van der Waals surface area (Å²) in [7, 11) is 0. The van der Waals surface area contributed by atoms with Crippen molar-refractivity contribution >= 4 is 0 Å². The molecule has 33 heavy (non-hydrogen) atoms. The van der Waals surface area contributed by atoms with E-state index < -0.39 is 37.0 Å². The fourth-order valence-electron chi connectivity index (χ4n) is 4.18. The molecule has 0 amide bonds. The molecule has 0 saturated carbocycles. The van der Waals surface area contributed by atoms with E-state index in [4.69, 9.17) is 23.7 Å². The van der Waals surface area contributed by atoms with Gasteiger partial charge < -0.3 is 28.8 Å². The van der Waals surface area contributed by atoms with Crippen LogP contribution in [-0.2, 0) is 36.9 Å². The molecule has 2 aliphatic heterocycles. The van der Waals surface area contributed by atoms with E-state index in [1.807, 2.05) is 91.0 Å². The Balaban J connectivity index is 1.31. The lowest BCUT2D eigenvalue weighted by atomic mass is 9.97. The molecule has 1 N–H and O–H groups in total. The predicted molar refractivity (Wildman–Crippen MR) is 121 cm³/mol. The molecule has 6 nitrogen and oxygen atoms in total. The summed E-state index contributed by atoms with van der Waals surface area (Å²) in [5, 5.41) is 11.3. The van der Waals surface area contributed by atoms with Crippen LogP contribution in [-0.4, -0.2) is 42.4 Å². The summed E-state index contributed by atoms with van der Waals surface area (Å²) >= 11 is 0. The van der Waals surface area contributed by atoms with Gasteiger partial charge in [0, 0.05) is 5.56 Å². The second-order valence-corrected chi connectivity index (χ2v) is 8.27. The minimum Gasteiger partial charge on any atom is -0.387 e. The average Bonchev–Trinajstić information content (AvgIpc) is 2.88. The molecule has 2 saturated heterocycles. The van der Waals surface area contributed by atoms with Crippen molar-refractivity contribution in [2.75, 3.05) is 6.61 Å². The highest BCUT2D eigenvalue weighted by molar-refractivity contribution is 5.17. The third kappa shape index (κ3) is 5.33. The number of rotatable bonds is 7. The Morgan fingerprint density at radius 1 is 0.727 bits per heavy atom. The third-order valence-electron chi connectivity index (χ3n) is 5.92. The number of benzene rings is 3. The molecule has 172 valence electrons. The van der Waals surface area contributed by atoms with Crippen molar-refractivity contribution in [2.24, 2.45) is 0 Å². The molecule has 5 rings (SSSR count). The van der Waals surface area contributed by atoms with Crippen molar-refractivity contribution < 1.29 is 28.8 Å². The topological polar surface area (TPSA) is 66.4 Å². The average molecular weight is 449 g/mol. The normalized spacial score (nSPS) is 29.4. The summed E-state index contributed by atoms with van der Waals surface area (Å²) in [6.45, 7) is 0.959. The predicted octanol–water partition coefficient (Wildman–Crippen LogP) is 3.99. The van der Waals surface area contributed by atoms with Crippen LogP contribution in [0.1, 0.15) is 23.0 Å². The van der Waals surface area contributed by atoms with Gasteiger partial charge in [-0.3, -0.25) is 0 Å². The van der Waals surface area contributed by atoms with Crippen molar-refractivity contribution in [1.82, 2.24) is 0 Å². The highest BCUT2D eigenvalue weighted by atomic mass is 16.8. The SMILES string of the molecule is O[C@H]1[C@H]2OC(c3ccccc3)OC[C@H]2O[C@@H](OCc2ccccc2)[C@@H]1OCc1ccccc1. The third-order valence-corrected chi connectivity index (χ3v) is 5.92. The maximum absolute atomic E-state index is 11.3. The van der Waals surface area contributed by atoms with Gasteiger partial charge in [-0.25, -0.2) is 0 Å². The first-order valence-corrected chi connectivity index (χ1v) is 11.2. The first-order chi connectivity index (χ1) is 16.3. The Kier molecular flexibility index (Phi) is 7.12. The summed E-state index contributed by atoms with van der Waals surface area (Å²) in [4.78, 5) is 0. The van der Waals surface area contributed by atoms with Gasteiger partial charge in [0.05, 0.1) is 19.8 Å². The Morgan fingerprint density at radius 3 is 1.94 bits per heavy atom. The lowest BCUT2D eigenvalue weighted by Crippen LogP contribution is -2.62. The van der Waals surface area contributed by atoms with E-state index in [9.17, 15) is 5.11 Å². The zero-order valence-electron chi connectivity index (χ0n) is 18.2. The monoisotopic (exact) mass is 448 g/mol. The van der Waals surface area contributed by atoms with Gasteiger partial charge >= 0.3 is 0 Å². The van der Waals surface area contributed by atoms with Gasteiger partial charge in [-0.05, 0) is 11.1 Å². The van der Waals surface area contributed by atoms with Crippen LogP contribution in [0.3, 0.4) is 0 Å². The highest BCUT2D eigenvalue weighted by Crippen LogP contribution is 2.35. The number of fused-ring (bicyclic) bond motifs is 1. The van der Waals surface area contributed by atoms with E-state index in [0.717, 1.165) is 16.7 Å². The summed E-state index contributed by atoms with van der Waals surface area (Å²) < 4.78 is 30.5. The fourth-order valence-corrected chi connectivity index (χ4v) is 4.18. The molecular weight excluding hydrogens is 420 g/mol. The molecular formula is C27H28O6. The minimum atomic E-state index is -0.941. The zero-order valence-corrected chi connectivity index (χ0v) is 18.2. The van der Waals surface area contributed by atoms with E-state index in [1.165, 1.54) is 0 Å². The molecule has 3 aromatic rings. The quantitative estimate of drug-likeness (QED) is 0.590. The number of hydrogen-bond acceptors (Lipinski definition) is 6. The van der Waals surface area contributed by atoms with Crippen LogP contribution < -0.4 is 0 Å². The van der Waals surface area contributed by atoms with Crippen LogP contribution in [0.2, 0.25) is 0 Å². The van der Waals surface area contributed by atoms with Crippen LogP contribution in [0.4, 0.5) is 0 Å². The van der Waals surface area contributed by atoms with Crippen molar-refractivity contribution in [3.63, 3.8) is 0 Å². The molecule has 3 aromatic carbocycles. The smallest absolute Gasteiger partial charge is 0.187 e. The summed E-state index contributed by atoms with van der Waals surface area (Å²) in [5.41, 5.74) is 2.91. The second kappa shape index (κ2) is 10.6. The van der Waals surface area contributed by atoms with Crippen molar-refractivity contribution in [3.8, 4) is 0 Å². The number of aliphatic hydroxyl groups excluding tert-OH is 1. The van der Waals surface area contributed by atoms with E-state index in [0.29, 0.717) is 13.2 Å². The van der Waals surface area contributed by atoms with E-state index in [2.05, 4.69) is 0 Å². The summed E-state index contributed by atoms with van der Waals surface area (Å²) in [5.74, 6) is 0. The first kappa shape index (κ1) is 22.2. The molecule has 2 aliphatic rings. The van der Waals surface area contributed by atoms with Crippen LogP contribution >= 0.6 is 0 Å². The van der Waals surface area contributed by atoms with Gasteiger partial charge in [-0.1, -0.05) is 91.0 Å². The number of ether oxygens (including phenoxy) is 5. The lowest BCUT2D eigenvalue weighted by Gasteiger charge is -2.47. The molecule has 0 aliphatic carbocycles. The maximum atomic E-state index is 11.3. The Hall–Kier alpha value is -2.58.